The molecule has 0 saturated heterocycles. The lowest BCUT2D eigenvalue weighted by molar-refractivity contribution is 0.283. The summed E-state index contributed by atoms with van der Waals surface area (Å²) in [6.07, 6.45) is 1.31. The zero-order valence-corrected chi connectivity index (χ0v) is 15.5. The molecule has 0 aromatic carbocycles. The van der Waals surface area contributed by atoms with E-state index in [0.717, 1.165) is 23.7 Å². The van der Waals surface area contributed by atoms with Crippen molar-refractivity contribution >= 4 is 0 Å². The van der Waals surface area contributed by atoms with E-state index in [1.165, 1.54) is 6.42 Å². The number of rotatable bonds is 2. The maximum Gasteiger partial charge on any atom is -0.0360 e. The summed E-state index contributed by atoms with van der Waals surface area (Å²) in [7, 11) is 0. The van der Waals surface area contributed by atoms with Crippen LogP contribution in [0.4, 0.5) is 0 Å². The molecule has 0 unspecified atom stereocenters. The van der Waals surface area contributed by atoms with Crippen molar-refractivity contribution in [3.8, 4) is 0 Å². The molecule has 0 heterocycles. The molecule has 0 nitrogen and oxygen atoms in total. The van der Waals surface area contributed by atoms with Crippen LogP contribution in [0.15, 0.2) is 0 Å². The molecule has 0 amide bonds. The zero-order valence-electron chi connectivity index (χ0n) is 15.5. The van der Waals surface area contributed by atoms with Gasteiger partial charge in [-0.3, -0.25) is 0 Å². The third-order valence-electron chi connectivity index (χ3n) is 3.88. The molecule has 0 aromatic heterocycles. The fraction of sp³-hybridized carbons (Fsp3) is 1.00. The van der Waals surface area contributed by atoms with Gasteiger partial charge in [-0.1, -0.05) is 89.5 Å². The van der Waals surface area contributed by atoms with Crippen LogP contribution >= 0.6 is 0 Å². The molecule has 0 N–H and O–H groups in total. The maximum absolute atomic E-state index is 2.26. The monoisotopic (exact) mass is 258 g/mol. The highest BCUT2D eigenvalue weighted by molar-refractivity contribution is 4.64. The fourth-order valence-electron chi connectivity index (χ4n) is 0. The molecule has 0 aliphatic rings. The molecule has 0 saturated carbocycles. The van der Waals surface area contributed by atoms with Crippen LogP contribution in [0.5, 0.6) is 0 Å². The summed E-state index contributed by atoms with van der Waals surface area (Å²) in [4.78, 5) is 0. The van der Waals surface area contributed by atoms with E-state index in [0.29, 0.717) is 5.41 Å². The predicted octanol–water partition coefficient (Wildman–Crippen LogP) is 7.04. The van der Waals surface area contributed by atoms with E-state index in [4.69, 9.17) is 0 Å². The SMILES string of the molecule is CC(C)C(C)(C)C.CC(C)C(C)C.CCC(C)C. The third-order valence-corrected chi connectivity index (χ3v) is 3.88. The Bertz CT molecular complexity index is 138. The summed E-state index contributed by atoms with van der Waals surface area (Å²) in [5.74, 6) is 3.39. The van der Waals surface area contributed by atoms with Crippen molar-refractivity contribution in [3.05, 3.63) is 0 Å². The number of hydrogen-bond donors (Lipinski definition) is 0. The highest BCUT2D eigenvalue weighted by Gasteiger charge is 2.13. The Balaban J connectivity index is -0.000000190. The minimum Gasteiger partial charge on any atom is -0.0651 e. The Morgan fingerprint density at radius 2 is 0.833 bits per heavy atom. The van der Waals surface area contributed by atoms with Crippen LogP contribution in [0.3, 0.4) is 0 Å². The van der Waals surface area contributed by atoms with Gasteiger partial charge in [-0.2, -0.15) is 0 Å². The average Bonchev–Trinajstić information content (AvgIpc) is 2.17. The second-order valence-corrected chi connectivity index (χ2v) is 7.81. The largest absolute Gasteiger partial charge is 0.0651 e. The van der Waals surface area contributed by atoms with Gasteiger partial charge in [0.05, 0.1) is 0 Å². The van der Waals surface area contributed by atoms with Crippen LogP contribution in [0.2, 0.25) is 0 Å². The van der Waals surface area contributed by atoms with E-state index < -0.39 is 0 Å². The first-order valence-corrected chi connectivity index (χ1v) is 7.86. The molecule has 0 aliphatic heterocycles. The Hall–Kier alpha value is 0. The van der Waals surface area contributed by atoms with Crippen LogP contribution in [-0.4, -0.2) is 0 Å². The van der Waals surface area contributed by atoms with Crippen molar-refractivity contribution in [2.45, 2.75) is 89.5 Å². The van der Waals surface area contributed by atoms with Crippen LogP contribution in [0, 0.1) is 29.1 Å². The summed E-state index contributed by atoms with van der Waals surface area (Å²) in [6, 6.07) is 0. The molecule has 0 atom stereocenters. The van der Waals surface area contributed by atoms with Crippen molar-refractivity contribution in [3.63, 3.8) is 0 Å². The van der Waals surface area contributed by atoms with E-state index in [2.05, 4.69) is 83.1 Å². The topological polar surface area (TPSA) is 0 Å². The van der Waals surface area contributed by atoms with Crippen LogP contribution in [0.25, 0.3) is 0 Å². The number of hydrogen-bond acceptors (Lipinski definition) is 0. The van der Waals surface area contributed by atoms with Gasteiger partial charge in [-0.25, -0.2) is 0 Å². The second kappa shape index (κ2) is 12.1. The normalized spacial score (nSPS) is 11.3. The lowest BCUT2D eigenvalue weighted by Crippen LogP contribution is -2.12. The first-order chi connectivity index (χ1) is 7.86. The van der Waals surface area contributed by atoms with E-state index in [1.54, 1.807) is 0 Å². The van der Waals surface area contributed by atoms with Crippen molar-refractivity contribution in [1.82, 2.24) is 0 Å². The molecule has 0 spiro atoms. The highest BCUT2D eigenvalue weighted by Crippen LogP contribution is 2.23. The van der Waals surface area contributed by atoms with Gasteiger partial charge in [-0.15, -0.1) is 0 Å². The van der Waals surface area contributed by atoms with Crippen LogP contribution < -0.4 is 0 Å². The molecule has 114 valence electrons. The van der Waals surface area contributed by atoms with Gasteiger partial charge in [0.25, 0.3) is 0 Å². The van der Waals surface area contributed by atoms with Crippen molar-refractivity contribution < 1.29 is 0 Å². The van der Waals surface area contributed by atoms with E-state index >= 15 is 0 Å². The van der Waals surface area contributed by atoms with Gasteiger partial charge in [-0.05, 0) is 29.1 Å². The molecule has 18 heavy (non-hydrogen) atoms. The lowest BCUT2D eigenvalue weighted by Gasteiger charge is -2.22. The van der Waals surface area contributed by atoms with E-state index in [9.17, 15) is 0 Å². The van der Waals surface area contributed by atoms with Gasteiger partial charge >= 0.3 is 0 Å². The molecule has 0 aromatic rings. The summed E-state index contributed by atoms with van der Waals surface area (Å²) in [5.41, 5.74) is 0.500. The van der Waals surface area contributed by atoms with Gasteiger partial charge in [0.15, 0.2) is 0 Å². The Morgan fingerprint density at radius 3 is 0.833 bits per heavy atom. The smallest absolute Gasteiger partial charge is 0.0360 e. The van der Waals surface area contributed by atoms with Gasteiger partial charge in [0, 0.05) is 0 Å². The molecule has 0 heteroatoms. The van der Waals surface area contributed by atoms with Crippen molar-refractivity contribution in [1.29, 1.82) is 0 Å². The van der Waals surface area contributed by atoms with Gasteiger partial charge in [0.1, 0.15) is 0 Å². The van der Waals surface area contributed by atoms with E-state index in [-0.39, 0.29) is 0 Å². The van der Waals surface area contributed by atoms with Crippen LogP contribution in [-0.2, 0) is 0 Å². The maximum atomic E-state index is 2.26. The Kier molecular flexibility index (Phi) is 15.5. The molecular formula is C18H42. The van der Waals surface area contributed by atoms with Gasteiger partial charge in [0.2, 0.25) is 0 Å². The molecule has 0 fully saturated rings. The minimum atomic E-state index is 0.500. The Morgan fingerprint density at radius 1 is 0.667 bits per heavy atom. The summed E-state index contributed by atoms with van der Waals surface area (Å²) >= 11 is 0. The zero-order chi connectivity index (χ0) is 15.5. The predicted molar refractivity (Wildman–Crippen MR) is 89.1 cm³/mol. The molecule has 0 radical (unpaired) electrons. The minimum absolute atomic E-state index is 0.500. The van der Waals surface area contributed by atoms with Crippen molar-refractivity contribution in [2.24, 2.45) is 29.1 Å². The highest BCUT2D eigenvalue weighted by atomic mass is 14.2. The first-order valence-electron chi connectivity index (χ1n) is 7.86. The standard InChI is InChI=1S/C7H16.C6H14.C5H12/c1-6(2)7(3,4)5;1-5(2)6(3)4;1-4-5(2)3/h6H,1-5H3;5-6H,1-4H3;5H,4H2,1-3H3. The van der Waals surface area contributed by atoms with Gasteiger partial charge < -0.3 is 0 Å². The summed E-state index contributed by atoms with van der Waals surface area (Å²) in [5, 5.41) is 0. The molecular weight excluding hydrogens is 216 g/mol. The molecule has 0 bridgehead atoms. The Labute approximate surface area is 119 Å². The fourth-order valence-corrected chi connectivity index (χ4v) is 0. The van der Waals surface area contributed by atoms with Crippen LogP contribution in [0.1, 0.15) is 89.5 Å². The second-order valence-electron chi connectivity index (χ2n) is 7.81. The summed E-state index contributed by atoms with van der Waals surface area (Å²) in [6.45, 7) is 26.9. The molecule has 0 rings (SSSR count). The summed E-state index contributed by atoms with van der Waals surface area (Å²) < 4.78 is 0. The average molecular weight is 259 g/mol. The first kappa shape index (κ1) is 23.1. The third kappa shape index (κ3) is 25.0. The van der Waals surface area contributed by atoms with E-state index in [1.807, 2.05) is 0 Å². The quantitative estimate of drug-likeness (QED) is 0.498. The molecule has 0 aliphatic carbocycles. The lowest BCUT2D eigenvalue weighted by atomic mass is 9.84. The van der Waals surface area contributed by atoms with Crippen molar-refractivity contribution in [2.75, 3.05) is 0 Å².